The molecule has 1 aromatic heterocycles. The van der Waals surface area contributed by atoms with Gasteiger partial charge in [-0.25, -0.2) is 4.98 Å². The van der Waals surface area contributed by atoms with Crippen LogP contribution in [0.3, 0.4) is 0 Å². The summed E-state index contributed by atoms with van der Waals surface area (Å²) < 4.78 is 1.80. The number of benzene rings is 1. The fourth-order valence-corrected chi connectivity index (χ4v) is 4.23. The molecule has 0 saturated carbocycles. The number of rotatable bonds is 5. The number of nitrogens with zero attached hydrogens (tertiary/aromatic N) is 4. The largest absolute Gasteiger partial charge is 0.341 e. The maximum atomic E-state index is 12.5. The van der Waals surface area contributed by atoms with Crippen LogP contribution < -0.4 is 0 Å². The van der Waals surface area contributed by atoms with Crippen LogP contribution >= 0.6 is 0 Å². The standard InChI is InChI=1S/C22H26N4O2/c27-20-15-22(17-26(20)11-4-7-19-5-2-1-3-6-19)8-12-25(13-9-22)21(28)16-24-14-10-23-18-24/h1-7,10,14,18H,8-9,11-13,15-17H2. The molecule has 2 amide bonds. The average molecular weight is 378 g/mol. The number of imidazole rings is 1. The summed E-state index contributed by atoms with van der Waals surface area (Å²) in [5.74, 6) is 0.357. The molecule has 0 bridgehead atoms. The predicted octanol–water partition coefficient (Wildman–Crippen LogP) is 2.44. The van der Waals surface area contributed by atoms with E-state index in [9.17, 15) is 9.59 Å². The van der Waals surface area contributed by atoms with E-state index in [0.29, 0.717) is 19.5 Å². The van der Waals surface area contributed by atoms with Crippen LogP contribution in [0, 0.1) is 5.41 Å². The third-order valence-corrected chi connectivity index (χ3v) is 5.89. The molecule has 2 aliphatic rings. The van der Waals surface area contributed by atoms with Crippen molar-refractivity contribution in [3.63, 3.8) is 0 Å². The predicted molar refractivity (Wildman–Crippen MR) is 107 cm³/mol. The number of carbonyl (C=O) groups is 2. The summed E-state index contributed by atoms with van der Waals surface area (Å²) in [4.78, 5) is 32.9. The Morgan fingerprint density at radius 1 is 1.18 bits per heavy atom. The summed E-state index contributed by atoms with van der Waals surface area (Å²) in [6.07, 6.45) is 11.7. The fraction of sp³-hybridized carbons (Fsp3) is 0.409. The van der Waals surface area contributed by atoms with Gasteiger partial charge in [0.1, 0.15) is 6.54 Å². The second-order valence-corrected chi connectivity index (χ2v) is 7.88. The molecule has 1 spiro atoms. The van der Waals surface area contributed by atoms with Crippen molar-refractivity contribution in [2.45, 2.75) is 25.8 Å². The molecular weight excluding hydrogens is 352 g/mol. The van der Waals surface area contributed by atoms with Gasteiger partial charge < -0.3 is 14.4 Å². The maximum absolute atomic E-state index is 12.5. The molecule has 146 valence electrons. The SMILES string of the molecule is O=C(Cn1ccnc1)N1CCC2(CC1)CC(=O)N(CC=Cc1ccccc1)C2. The lowest BCUT2D eigenvalue weighted by molar-refractivity contribution is -0.134. The molecule has 2 fully saturated rings. The second-order valence-electron chi connectivity index (χ2n) is 7.88. The quantitative estimate of drug-likeness (QED) is 0.803. The van der Waals surface area contributed by atoms with Crippen molar-refractivity contribution < 1.29 is 9.59 Å². The minimum Gasteiger partial charge on any atom is -0.341 e. The monoisotopic (exact) mass is 378 g/mol. The van der Waals surface area contributed by atoms with Crippen molar-refractivity contribution in [1.29, 1.82) is 0 Å². The van der Waals surface area contributed by atoms with Gasteiger partial charge in [0.05, 0.1) is 6.33 Å². The number of piperidine rings is 1. The number of aromatic nitrogens is 2. The van der Waals surface area contributed by atoms with Crippen molar-refractivity contribution in [3.05, 3.63) is 60.7 Å². The lowest BCUT2D eigenvalue weighted by Gasteiger charge is -2.38. The molecular formula is C22H26N4O2. The number of carbonyl (C=O) groups excluding carboxylic acids is 2. The van der Waals surface area contributed by atoms with Gasteiger partial charge in [-0.1, -0.05) is 42.5 Å². The van der Waals surface area contributed by atoms with Gasteiger partial charge in [0.15, 0.2) is 0 Å². The van der Waals surface area contributed by atoms with Gasteiger partial charge in [0, 0.05) is 50.4 Å². The van der Waals surface area contributed by atoms with Gasteiger partial charge in [-0.05, 0) is 18.4 Å². The summed E-state index contributed by atoms with van der Waals surface area (Å²) in [6.45, 7) is 3.25. The molecule has 2 aromatic rings. The molecule has 1 aromatic carbocycles. The molecule has 2 saturated heterocycles. The van der Waals surface area contributed by atoms with Gasteiger partial charge in [-0.2, -0.15) is 0 Å². The Hall–Kier alpha value is -2.89. The van der Waals surface area contributed by atoms with Crippen LogP contribution in [0.1, 0.15) is 24.8 Å². The average Bonchev–Trinajstić information content (AvgIpc) is 3.31. The van der Waals surface area contributed by atoms with Crippen molar-refractivity contribution >= 4 is 17.9 Å². The zero-order valence-electron chi connectivity index (χ0n) is 16.0. The Labute approximate surface area is 165 Å². The van der Waals surface area contributed by atoms with E-state index in [1.807, 2.05) is 28.0 Å². The van der Waals surface area contributed by atoms with Crippen LogP contribution in [-0.2, 0) is 16.1 Å². The highest BCUT2D eigenvalue weighted by atomic mass is 16.2. The van der Waals surface area contributed by atoms with Crippen LogP contribution in [0.4, 0.5) is 0 Å². The van der Waals surface area contributed by atoms with Gasteiger partial charge >= 0.3 is 0 Å². The highest BCUT2D eigenvalue weighted by Gasteiger charge is 2.44. The van der Waals surface area contributed by atoms with Crippen LogP contribution in [0.15, 0.2) is 55.1 Å². The van der Waals surface area contributed by atoms with Crippen molar-refractivity contribution in [2.24, 2.45) is 5.41 Å². The first kappa shape index (κ1) is 18.5. The Morgan fingerprint density at radius 3 is 2.68 bits per heavy atom. The Kier molecular flexibility index (Phi) is 5.28. The van der Waals surface area contributed by atoms with E-state index in [2.05, 4.69) is 29.3 Å². The molecule has 0 N–H and O–H groups in total. The Balaban J connectivity index is 1.29. The van der Waals surface area contributed by atoms with Crippen LogP contribution in [0.5, 0.6) is 0 Å². The zero-order valence-corrected chi connectivity index (χ0v) is 16.0. The zero-order chi connectivity index (χ0) is 19.4. The summed E-state index contributed by atoms with van der Waals surface area (Å²) in [7, 11) is 0. The van der Waals surface area contributed by atoms with Crippen LogP contribution in [0.25, 0.3) is 6.08 Å². The molecule has 0 unspecified atom stereocenters. The van der Waals surface area contributed by atoms with E-state index in [0.717, 1.165) is 38.0 Å². The highest BCUT2D eigenvalue weighted by molar-refractivity contribution is 5.80. The first-order valence-corrected chi connectivity index (χ1v) is 9.86. The van der Waals surface area contributed by atoms with E-state index < -0.39 is 0 Å². The molecule has 0 radical (unpaired) electrons. The first-order chi connectivity index (χ1) is 13.6. The topological polar surface area (TPSA) is 58.4 Å². The van der Waals surface area contributed by atoms with Gasteiger partial charge in [-0.15, -0.1) is 0 Å². The lowest BCUT2D eigenvalue weighted by atomic mass is 9.77. The van der Waals surface area contributed by atoms with Crippen molar-refractivity contribution in [3.8, 4) is 0 Å². The second kappa shape index (κ2) is 8.00. The van der Waals surface area contributed by atoms with E-state index >= 15 is 0 Å². The van der Waals surface area contributed by atoms with E-state index in [1.165, 1.54) is 0 Å². The van der Waals surface area contributed by atoms with E-state index in [4.69, 9.17) is 0 Å². The summed E-state index contributed by atoms with van der Waals surface area (Å²) in [5.41, 5.74) is 1.18. The van der Waals surface area contributed by atoms with Crippen molar-refractivity contribution in [1.82, 2.24) is 19.4 Å². The molecule has 0 atom stereocenters. The van der Waals surface area contributed by atoms with Gasteiger partial charge in [-0.3, -0.25) is 9.59 Å². The van der Waals surface area contributed by atoms with Crippen molar-refractivity contribution in [2.75, 3.05) is 26.2 Å². The third kappa shape index (κ3) is 4.16. The molecule has 2 aliphatic heterocycles. The van der Waals surface area contributed by atoms with Gasteiger partial charge in [0.2, 0.25) is 11.8 Å². The number of amides is 2. The third-order valence-electron chi connectivity index (χ3n) is 5.89. The number of hydrogen-bond donors (Lipinski definition) is 0. The highest BCUT2D eigenvalue weighted by Crippen LogP contribution is 2.41. The van der Waals surface area contributed by atoms with Crippen LogP contribution in [0.2, 0.25) is 0 Å². The van der Waals surface area contributed by atoms with Gasteiger partial charge in [0.25, 0.3) is 0 Å². The molecule has 6 nitrogen and oxygen atoms in total. The minimum atomic E-state index is 0.0312. The lowest BCUT2D eigenvalue weighted by Crippen LogP contribution is -2.45. The molecule has 4 rings (SSSR count). The minimum absolute atomic E-state index is 0.0312. The number of likely N-dealkylation sites (tertiary alicyclic amines) is 2. The number of hydrogen-bond acceptors (Lipinski definition) is 3. The normalized spacial score (nSPS) is 19.1. The summed E-state index contributed by atoms with van der Waals surface area (Å²) >= 11 is 0. The Morgan fingerprint density at radius 2 is 1.96 bits per heavy atom. The molecule has 3 heterocycles. The van der Waals surface area contributed by atoms with Crippen LogP contribution in [-0.4, -0.2) is 57.3 Å². The summed E-state index contributed by atoms with van der Waals surface area (Å²) in [5, 5.41) is 0. The fourth-order valence-electron chi connectivity index (χ4n) is 4.23. The smallest absolute Gasteiger partial charge is 0.242 e. The Bertz CT molecular complexity index is 837. The first-order valence-electron chi connectivity index (χ1n) is 9.86. The molecule has 28 heavy (non-hydrogen) atoms. The van der Waals surface area contributed by atoms with E-state index in [1.54, 1.807) is 23.3 Å². The molecule has 0 aliphatic carbocycles. The summed E-state index contributed by atoms with van der Waals surface area (Å²) in [6, 6.07) is 10.1. The molecule has 6 heteroatoms. The van der Waals surface area contributed by atoms with E-state index in [-0.39, 0.29) is 17.2 Å². The maximum Gasteiger partial charge on any atom is 0.242 e.